The Hall–Kier alpha value is -0.740. The van der Waals surface area contributed by atoms with E-state index in [4.69, 9.17) is 4.99 Å². The molecule has 0 unspecified atom stereocenters. The van der Waals surface area contributed by atoms with Crippen molar-refractivity contribution in [1.29, 1.82) is 0 Å². The number of hydrogen-bond donors (Lipinski definition) is 1. The summed E-state index contributed by atoms with van der Waals surface area (Å²) in [6.45, 7) is 8.42. The Morgan fingerprint density at radius 3 is 2.60 bits per heavy atom. The van der Waals surface area contributed by atoms with Crippen molar-refractivity contribution in [1.82, 2.24) is 5.32 Å². The molecular formula is C16H22BrFN2. The second-order valence-corrected chi connectivity index (χ2v) is 7.28. The molecule has 0 aromatic heterocycles. The van der Waals surface area contributed by atoms with Gasteiger partial charge in [0, 0.05) is 27.2 Å². The Kier molecular flexibility index (Phi) is 4.09. The van der Waals surface area contributed by atoms with Gasteiger partial charge in [0.15, 0.2) is 0 Å². The van der Waals surface area contributed by atoms with Crippen molar-refractivity contribution < 1.29 is 4.39 Å². The van der Waals surface area contributed by atoms with Gasteiger partial charge in [0.05, 0.1) is 5.54 Å². The number of benzene rings is 1. The van der Waals surface area contributed by atoms with Crippen LogP contribution in [0.2, 0.25) is 0 Å². The van der Waals surface area contributed by atoms with Crippen LogP contribution in [0.5, 0.6) is 0 Å². The van der Waals surface area contributed by atoms with Crippen molar-refractivity contribution in [3.8, 4) is 0 Å². The first kappa shape index (κ1) is 15.6. The summed E-state index contributed by atoms with van der Waals surface area (Å²) in [6.07, 6.45) is 0.779. The van der Waals surface area contributed by atoms with Crippen LogP contribution in [0.1, 0.15) is 39.7 Å². The highest BCUT2D eigenvalue weighted by molar-refractivity contribution is 9.10. The van der Waals surface area contributed by atoms with Gasteiger partial charge >= 0.3 is 0 Å². The van der Waals surface area contributed by atoms with Crippen molar-refractivity contribution >= 4 is 21.6 Å². The zero-order chi connectivity index (χ0) is 15.1. The number of halogens is 2. The highest BCUT2D eigenvalue weighted by atomic mass is 79.9. The van der Waals surface area contributed by atoms with Crippen molar-refractivity contribution in [2.75, 3.05) is 7.05 Å². The fourth-order valence-corrected chi connectivity index (χ4v) is 3.37. The zero-order valence-corrected chi connectivity index (χ0v) is 14.3. The zero-order valence-electron chi connectivity index (χ0n) is 12.7. The molecule has 1 aliphatic rings. The predicted octanol–water partition coefficient (Wildman–Crippen LogP) is 4.28. The van der Waals surface area contributed by atoms with E-state index in [-0.39, 0.29) is 17.3 Å². The van der Waals surface area contributed by atoms with Crippen molar-refractivity contribution in [3.63, 3.8) is 0 Å². The van der Waals surface area contributed by atoms with E-state index in [0.29, 0.717) is 5.56 Å². The standard InChI is InChI=1S/C16H22BrFN2/c1-10-15(2,3)14(19-5)9-16(4,20-10)12-8-11(17)6-7-13(12)18/h6-8,14,19H,9H2,1-5H3/t14-,16+/m1/s1. The summed E-state index contributed by atoms with van der Waals surface area (Å²) in [6, 6.07) is 5.34. The van der Waals surface area contributed by atoms with E-state index < -0.39 is 5.54 Å². The molecule has 1 aromatic carbocycles. The molecule has 0 amide bonds. The van der Waals surface area contributed by atoms with Gasteiger partial charge in [-0.25, -0.2) is 4.39 Å². The van der Waals surface area contributed by atoms with E-state index in [2.05, 4.69) is 35.1 Å². The lowest BCUT2D eigenvalue weighted by Crippen LogP contribution is -2.51. The Morgan fingerprint density at radius 2 is 2.00 bits per heavy atom. The van der Waals surface area contributed by atoms with Gasteiger partial charge < -0.3 is 5.32 Å². The maximum Gasteiger partial charge on any atom is 0.128 e. The highest BCUT2D eigenvalue weighted by Crippen LogP contribution is 2.43. The topological polar surface area (TPSA) is 24.4 Å². The summed E-state index contributed by atoms with van der Waals surface area (Å²) in [4.78, 5) is 4.85. The first-order valence-corrected chi connectivity index (χ1v) is 7.70. The van der Waals surface area contributed by atoms with Gasteiger partial charge in [0.25, 0.3) is 0 Å². The van der Waals surface area contributed by atoms with Crippen LogP contribution < -0.4 is 5.32 Å². The minimum Gasteiger partial charge on any atom is -0.316 e. The molecule has 2 atom stereocenters. The molecule has 1 aliphatic heterocycles. The van der Waals surface area contributed by atoms with Crippen molar-refractivity contribution in [3.05, 3.63) is 34.1 Å². The Morgan fingerprint density at radius 1 is 1.35 bits per heavy atom. The second kappa shape index (κ2) is 5.23. The van der Waals surface area contributed by atoms with Gasteiger partial charge in [0.2, 0.25) is 0 Å². The summed E-state index contributed by atoms with van der Waals surface area (Å²) in [5.41, 5.74) is 1.17. The molecule has 1 aromatic rings. The minimum atomic E-state index is -0.527. The molecule has 20 heavy (non-hydrogen) atoms. The Balaban J connectivity index is 2.55. The van der Waals surface area contributed by atoms with Crippen LogP contribution in [-0.4, -0.2) is 18.8 Å². The largest absolute Gasteiger partial charge is 0.316 e. The highest BCUT2D eigenvalue weighted by Gasteiger charge is 2.44. The van der Waals surface area contributed by atoms with E-state index in [1.807, 2.05) is 27.0 Å². The molecule has 0 bridgehead atoms. The van der Waals surface area contributed by atoms with Gasteiger partial charge in [0.1, 0.15) is 5.82 Å². The van der Waals surface area contributed by atoms with Crippen LogP contribution in [0.15, 0.2) is 27.7 Å². The molecule has 0 saturated heterocycles. The van der Waals surface area contributed by atoms with Crippen LogP contribution in [0.3, 0.4) is 0 Å². The Bertz CT molecular complexity index is 553. The van der Waals surface area contributed by atoms with Crippen molar-refractivity contribution in [2.45, 2.75) is 45.7 Å². The van der Waals surface area contributed by atoms with Crippen LogP contribution in [0.4, 0.5) is 4.39 Å². The number of nitrogens with zero attached hydrogens (tertiary/aromatic N) is 1. The fourth-order valence-electron chi connectivity index (χ4n) is 3.01. The molecule has 1 N–H and O–H groups in total. The van der Waals surface area contributed by atoms with Gasteiger partial charge in [-0.2, -0.15) is 0 Å². The summed E-state index contributed by atoms with van der Waals surface area (Å²) in [7, 11) is 1.96. The van der Waals surface area contributed by atoms with E-state index in [9.17, 15) is 4.39 Å². The predicted molar refractivity (Wildman–Crippen MR) is 85.8 cm³/mol. The van der Waals surface area contributed by atoms with E-state index in [1.165, 1.54) is 6.07 Å². The SMILES string of the molecule is CN[C@@H]1C[C@@](C)(c2cc(Br)ccc2F)N=C(C)C1(C)C. The summed E-state index contributed by atoms with van der Waals surface area (Å²) >= 11 is 3.43. The number of nitrogens with one attached hydrogen (secondary N) is 1. The number of aliphatic imine (C=N–C) groups is 1. The van der Waals surface area contributed by atoms with Gasteiger partial charge in [-0.3, -0.25) is 4.99 Å². The van der Waals surface area contributed by atoms with Crippen molar-refractivity contribution in [2.24, 2.45) is 10.4 Å². The van der Waals surface area contributed by atoms with E-state index in [0.717, 1.165) is 16.6 Å². The Labute approximate surface area is 129 Å². The van der Waals surface area contributed by atoms with Gasteiger partial charge in [-0.05, 0) is 45.5 Å². The number of rotatable bonds is 2. The van der Waals surface area contributed by atoms with E-state index in [1.54, 1.807) is 6.07 Å². The molecule has 0 aliphatic carbocycles. The third kappa shape index (κ3) is 2.56. The third-order valence-corrected chi connectivity index (χ3v) is 5.17. The molecule has 0 radical (unpaired) electrons. The summed E-state index contributed by atoms with van der Waals surface area (Å²) in [5.74, 6) is -0.193. The minimum absolute atomic E-state index is 0.0171. The molecule has 0 fully saturated rings. The molecular weight excluding hydrogens is 319 g/mol. The maximum atomic E-state index is 14.2. The quantitative estimate of drug-likeness (QED) is 0.853. The lowest BCUT2D eigenvalue weighted by atomic mass is 9.70. The average molecular weight is 341 g/mol. The normalized spacial score (nSPS) is 29.1. The van der Waals surface area contributed by atoms with Gasteiger partial charge in [-0.15, -0.1) is 0 Å². The maximum absolute atomic E-state index is 14.2. The van der Waals surface area contributed by atoms with Crippen LogP contribution >= 0.6 is 15.9 Å². The van der Waals surface area contributed by atoms with Crippen LogP contribution in [-0.2, 0) is 5.54 Å². The lowest BCUT2D eigenvalue weighted by molar-refractivity contribution is 0.242. The number of hydrogen-bond acceptors (Lipinski definition) is 2. The first-order valence-electron chi connectivity index (χ1n) is 6.90. The molecule has 2 nitrogen and oxygen atoms in total. The first-order chi connectivity index (χ1) is 9.20. The molecule has 0 spiro atoms. The molecule has 2 rings (SSSR count). The average Bonchev–Trinajstić information content (AvgIpc) is 2.37. The fraction of sp³-hybridized carbons (Fsp3) is 0.562. The monoisotopic (exact) mass is 340 g/mol. The van der Waals surface area contributed by atoms with Gasteiger partial charge in [-0.1, -0.05) is 29.8 Å². The molecule has 0 saturated carbocycles. The van der Waals surface area contributed by atoms with E-state index >= 15 is 0 Å². The van der Waals surface area contributed by atoms with Crippen LogP contribution in [0, 0.1) is 11.2 Å². The third-order valence-electron chi connectivity index (χ3n) is 4.68. The second-order valence-electron chi connectivity index (χ2n) is 6.36. The molecule has 110 valence electrons. The van der Waals surface area contributed by atoms with Crippen LogP contribution in [0.25, 0.3) is 0 Å². The summed E-state index contributed by atoms with van der Waals surface area (Å²) in [5, 5.41) is 3.37. The molecule has 4 heteroatoms. The molecule has 1 heterocycles. The lowest BCUT2D eigenvalue weighted by Gasteiger charge is -2.45. The smallest absolute Gasteiger partial charge is 0.128 e. The summed E-state index contributed by atoms with van der Waals surface area (Å²) < 4.78 is 15.1.